The zero-order valence-electron chi connectivity index (χ0n) is 28.6. The molecule has 0 saturated carbocycles. The number of amides is 1. The van der Waals surface area contributed by atoms with E-state index in [9.17, 15) is 32.3 Å². The molecular weight excluding hydrogens is 668 g/mol. The minimum absolute atomic E-state index is 0.0691. The second-order valence-electron chi connectivity index (χ2n) is 13.7. The number of halogens is 4. The standard InChI is InChI=1S/C37H38F4N6O4/c1-21-9-10-32(37(39,40)41)44-29(21)15-31(50)30-16-36(38)12-11-27(49)8-6-4-5-7-24-13-25(26-17-42-23(3)43-18-26)14-28-34(22(2)48)45-47(35(24)28)19-33(51)46(30)20-36/h9-10,13-14,17-18,30H,4-8,11-12,15-16,19-20H2,1-3H3/t30-,36+/m0/s1. The van der Waals surface area contributed by atoms with E-state index in [2.05, 4.69) is 20.1 Å². The van der Waals surface area contributed by atoms with Crippen LogP contribution in [0.3, 0.4) is 0 Å². The van der Waals surface area contributed by atoms with Crippen LogP contribution in [0.2, 0.25) is 0 Å². The van der Waals surface area contributed by atoms with Crippen molar-refractivity contribution in [2.24, 2.45) is 0 Å². The third kappa shape index (κ3) is 7.74. The molecule has 3 aromatic heterocycles. The highest BCUT2D eigenvalue weighted by Gasteiger charge is 2.49. The Labute approximate surface area is 291 Å². The Morgan fingerprint density at radius 2 is 1.71 bits per heavy atom. The van der Waals surface area contributed by atoms with Crippen molar-refractivity contribution >= 4 is 34.2 Å². The monoisotopic (exact) mass is 706 g/mol. The summed E-state index contributed by atoms with van der Waals surface area (Å²) in [6, 6.07) is 4.47. The third-order valence-corrected chi connectivity index (χ3v) is 9.82. The minimum atomic E-state index is -4.73. The molecule has 0 unspecified atom stereocenters. The van der Waals surface area contributed by atoms with Crippen molar-refractivity contribution in [1.82, 2.24) is 29.6 Å². The number of hydrogen-bond acceptors (Lipinski definition) is 8. The number of aromatic nitrogens is 5. The van der Waals surface area contributed by atoms with Crippen LogP contribution in [0, 0.1) is 13.8 Å². The topological polar surface area (TPSA) is 128 Å². The molecule has 14 heteroatoms. The molecule has 0 spiro atoms. The van der Waals surface area contributed by atoms with Gasteiger partial charge in [0, 0.05) is 49.5 Å². The zero-order chi connectivity index (χ0) is 36.7. The lowest BCUT2D eigenvalue weighted by Crippen LogP contribution is -2.43. The molecule has 2 aliphatic rings. The van der Waals surface area contributed by atoms with E-state index < -0.39 is 61.2 Å². The number of aryl methyl sites for hydroxylation is 3. The molecule has 1 aromatic carbocycles. The van der Waals surface area contributed by atoms with E-state index >= 15 is 4.39 Å². The van der Waals surface area contributed by atoms with Crippen LogP contribution in [0.15, 0.2) is 36.7 Å². The molecule has 4 aromatic rings. The SMILES string of the molecule is CC(=O)c1nn2c3c(cc(-c4cnc(C)nc4)cc13)CCCCCC(=O)CC[C@@]1(F)C[C@@H](C(=O)Cc3nc(C(F)(F)F)ccc3C)N(C1)C(=O)C2. The number of carbonyl (C=O) groups excluding carboxylic acids is 4. The van der Waals surface area contributed by atoms with Gasteiger partial charge in [-0.05, 0) is 74.4 Å². The molecule has 1 saturated heterocycles. The van der Waals surface area contributed by atoms with Crippen LogP contribution in [0.4, 0.5) is 17.6 Å². The first-order chi connectivity index (χ1) is 24.1. The molecule has 2 atom stereocenters. The van der Waals surface area contributed by atoms with Crippen molar-refractivity contribution in [3.63, 3.8) is 0 Å². The van der Waals surface area contributed by atoms with Crippen molar-refractivity contribution < 1.29 is 36.7 Å². The van der Waals surface area contributed by atoms with Gasteiger partial charge in [-0.2, -0.15) is 18.3 Å². The summed E-state index contributed by atoms with van der Waals surface area (Å²) < 4.78 is 58.3. The molecule has 1 fully saturated rings. The Balaban J connectivity index is 1.41. The van der Waals surface area contributed by atoms with E-state index in [1.54, 1.807) is 25.4 Å². The predicted molar refractivity (Wildman–Crippen MR) is 179 cm³/mol. The van der Waals surface area contributed by atoms with Gasteiger partial charge in [0.25, 0.3) is 0 Å². The first-order valence-corrected chi connectivity index (χ1v) is 17.0. The Hall–Kier alpha value is -4.88. The van der Waals surface area contributed by atoms with Gasteiger partial charge in [0.2, 0.25) is 5.91 Å². The highest BCUT2D eigenvalue weighted by Crippen LogP contribution is 2.38. The lowest BCUT2D eigenvalue weighted by molar-refractivity contribution is -0.141. The molecular formula is C37H38F4N6O4. The summed E-state index contributed by atoms with van der Waals surface area (Å²) in [5.41, 5.74) is -0.0515. The summed E-state index contributed by atoms with van der Waals surface area (Å²) in [5, 5.41) is 5.08. The third-order valence-electron chi connectivity index (χ3n) is 9.82. The van der Waals surface area contributed by atoms with Crippen LogP contribution in [0.25, 0.3) is 22.0 Å². The van der Waals surface area contributed by atoms with Gasteiger partial charge in [-0.15, -0.1) is 0 Å². The lowest BCUT2D eigenvalue weighted by atomic mass is 9.92. The highest BCUT2D eigenvalue weighted by molar-refractivity contribution is 6.07. The van der Waals surface area contributed by atoms with Crippen LogP contribution in [0.5, 0.6) is 0 Å². The molecule has 6 rings (SSSR count). The van der Waals surface area contributed by atoms with E-state index in [1.165, 1.54) is 24.6 Å². The van der Waals surface area contributed by atoms with Crippen LogP contribution in [-0.2, 0) is 39.9 Å². The maximum Gasteiger partial charge on any atom is 0.433 e. The molecule has 268 valence electrons. The van der Waals surface area contributed by atoms with Gasteiger partial charge in [-0.1, -0.05) is 12.5 Å². The van der Waals surface area contributed by atoms with Gasteiger partial charge in [-0.3, -0.25) is 23.9 Å². The summed E-state index contributed by atoms with van der Waals surface area (Å²) in [6.45, 7) is 3.76. The number of rotatable bonds is 5. The van der Waals surface area contributed by atoms with Crippen LogP contribution in [-0.4, -0.2) is 71.1 Å². The van der Waals surface area contributed by atoms with E-state index in [1.807, 2.05) is 6.07 Å². The van der Waals surface area contributed by atoms with E-state index in [0.29, 0.717) is 48.0 Å². The molecule has 10 nitrogen and oxygen atoms in total. The number of ketones is 3. The molecule has 0 aliphatic carbocycles. The van der Waals surface area contributed by atoms with Crippen molar-refractivity contribution in [2.75, 3.05) is 6.54 Å². The Bertz CT molecular complexity index is 2030. The Morgan fingerprint density at radius 3 is 2.41 bits per heavy atom. The van der Waals surface area contributed by atoms with Gasteiger partial charge >= 0.3 is 6.18 Å². The van der Waals surface area contributed by atoms with Crippen molar-refractivity contribution in [3.8, 4) is 11.1 Å². The van der Waals surface area contributed by atoms with Crippen LogP contribution >= 0.6 is 0 Å². The van der Waals surface area contributed by atoms with Gasteiger partial charge in [0.15, 0.2) is 11.6 Å². The van der Waals surface area contributed by atoms with Gasteiger partial charge < -0.3 is 4.90 Å². The van der Waals surface area contributed by atoms with E-state index in [0.717, 1.165) is 27.7 Å². The van der Waals surface area contributed by atoms with Crippen molar-refractivity contribution in [1.29, 1.82) is 0 Å². The average Bonchev–Trinajstić information content (AvgIpc) is 3.62. The van der Waals surface area contributed by atoms with Gasteiger partial charge in [0.1, 0.15) is 35.2 Å². The van der Waals surface area contributed by atoms with Crippen molar-refractivity contribution in [2.45, 2.75) is 103 Å². The normalized spacial score (nSPS) is 20.6. The summed E-state index contributed by atoms with van der Waals surface area (Å²) in [7, 11) is 0. The second kappa shape index (κ2) is 14.0. The quantitative estimate of drug-likeness (QED) is 0.175. The molecule has 2 aliphatic heterocycles. The molecule has 0 radical (unpaired) electrons. The first kappa shape index (κ1) is 35.9. The highest BCUT2D eigenvalue weighted by atomic mass is 19.4. The Kier molecular flexibility index (Phi) is 9.88. The zero-order valence-corrected chi connectivity index (χ0v) is 28.6. The summed E-state index contributed by atoms with van der Waals surface area (Å²) in [5.74, 6) is -1.18. The second-order valence-corrected chi connectivity index (χ2v) is 13.7. The summed E-state index contributed by atoms with van der Waals surface area (Å²) in [6.07, 6.45) is 0.217. The van der Waals surface area contributed by atoms with Gasteiger partial charge in [0.05, 0.1) is 30.2 Å². The minimum Gasteiger partial charge on any atom is -0.328 e. The maximum atomic E-state index is 16.5. The largest absolute Gasteiger partial charge is 0.433 e. The summed E-state index contributed by atoms with van der Waals surface area (Å²) in [4.78, 5) is 67.1. The molecule has 2 bridgehead atoms. The fraction of sp³-hybridized carbons (Fsp3) is 0.459. The van der Waals surface area contributed by atoms with E-state index in [-0.39, 0.29) is 42.2 Å². The molecule has 5 heterocycles. The van der Waals surface area contributed by atoms with Crippen LogP contribution in [0.1, 0.15) is 90.7 Å². The number of alkyl halides is 4. The average molecular weight is 707 g/mol. The number of carbonyl (C=O) groups is 4. The fourth-order valence-corrected chi connectivity index (χ4v) is 7.06. The molecule has 1 amide bonds. The molecule has 0 N–H and O–H groups in total. The smallest absolute Gasteiger partial charge is 0.328 e. The lowest BCUT2D eigenvalue weighted by Gasteiger charge is -2.24. The van der Waals surface area contributed by atoms with Gasteiger partial charge in [-0.25, -0.2) is 19.3 Å². The number of Topliss-reactive ketones (excluding diaryl/α,β-unsaturated/α-hetero) is 3. The van der Waals surface area contributed by atoms with Crippen molar-refractivity contribution in [3.05, 3.63) is 70.7 Å². The Morgan fingerprint density at radius 1 is 0.980 bits per heavy atom. The van der Waals surface area contributed by atoms with E-state index in [4.69, 9.17) is 0 Å². The first-order valence-electron chi connectivity index (χ1n) is 17.0. The maximum absolute atomic E-state index is 16.5. The predicted octanol–water partition coefficient (Wildman–Crippen LogP) is 6.31. The number of nitrogens with zero attached hydrogens (tertiary/aromatic N) is 6. The molecule has 51 heavy (non-hydrogen) atoms. The number of benzene rings is 1. The van der Waals surface area contributed by atoms with Crippen LogP contribution < -0.4 is 0 Å². The number of fused-ring (bicyclic) bond motifs is 2. The fourth-order valence-electron chi connectivity index (χ4n) is 7.06. The number of pyridine rings is 1. The number of hydrogen-bond donors (Lipinski definition) is 0. The summed E-state index contributed by atoms with van der Waals surface area (Å²) >= 11 is 0.